The zero-order valence-corrected chi connectivity index (χ0v) is 15.5. The van der Waals surface area contributed by atoms with Crippen LogP contribution in [0.1, 0.15) is 80.1 Å². The van der Waals surface area contributed by atoms with Crippen LogP contribution >= 0.6 is 0 Å². The molecule has 1 rings (SSSR count). The number of hydrogen-bond acceptors (Lipinski definition) is 2. The van der Waals surface area contributed by atoms with Gasteiger partial charge in [-0.25, -0.2) is 0 Å². The summed E-state index contributed by atoms with van der Waals surface area (Å²) in [7, 11) is 0. The van der Waals surface area contributed by atoms with Crippen molar-refractivity contribution in [3.63, 3.8) is 0 Å². The molecule has 1 aliphatic carbocycles. The summed E-state index contributed by atoms with van der Waals surface area (Å²) in [5.41, 5.74) is 2.13. The van der Waals surface area contributed by atoms with Crippen LogP contribution in [0.15, 0.2) is 23.3 Å². The van der Waals surface area contributed by atoms with Crippen LogP contribution in [0, 0.1) is 11.8 Å². The van der Waals surface area contributed by atoms with Gasteiger partial charge < -0.3 is 5.11 Å². The number of aliphatic hydroxyl groups is 1. The average molecular weight is 309 g/mol. The van der Waals surface area contributed by atoms with Gasteiger partial charge in [-0.2, -0.15) is 0 Å². The first kappa shape index (κ1) is 21.1. The highest BCUT2D eigenvalue weighted by atomic mass is 16.3. The summed E-state index contributed by atoms with van der Waals surface area (Å²) >= 11 is 0. The summed E-state index contributed by atoms with van der Waals surface area (Å²) in [6, 6.07) is 0. The molecule has 0 saturated heterocycles. The Morgan fingerprint density at radius 2 is 1.77 bits per heavy atom. The Bertz CT molecular complexity index is 361. The second kappa shape index (κ2) is 10.8. The molecule has 0 spiro atoms. The molecule has 0 aromatic rings. The van der Waals surface area contributed by atoms with E-state index in [1.54, 1.807) is 6.08 Å². The van der Waals surface area contributed by atoms with E-state index in [0.29, 0.717) is 0 Å². The molecule has 0 aromatic carbocycles. The molecule has 1 fully saturated rings. The first-order valence-electron chi connectivity index (χ1n) is 8.64. The Morgan fingerprint density at radius 3 is 2.18 bits per heavy atom. The van der Waals surface area contributed by atoms with Gasteiger partial charge in [0.25, 0.3) is 0 Å². The predicted molar refractivity (Wildman–Crippen MR) is 95.9 cm³/mol. The van der Waals surface area contributed by atoms with Gasteiger partial charge in [0, 0.05) is 0 Å². The van der Waals surface area contributed by atoms with E-state index in [4.69, 9.17) is 0 Å². The molecule has 0 heterocycles. The fourth-order valence-corrected chi connectivity index (χ4v) is 2.72. The minimum Gasteiger partial charge on any atom is -0.390 e. The molecular weight excluding hydrogens is 272 g/mol. The summed E-state index contributed by atoms with van der Waals surface area (Å²) in [6.07, 6.45) is 11.1. The Kier molecular flexibility index (Phi) is 10.3. The average Bonchev–Trinajstić information content (AvgIpc) is 2.38. The van der Waals surface area contributed by atoms with Crippen LogP contribution in [-0.4, -0.2) is 17.0 Å². The summed E-state index contributed by atoms with van der Waals surface area (Å²) < 4.78 is 0. The van der Waals surface area contributed by atoms with Crippen LogP contribution in [0.2, 0.25) is 0 Å². The van der Waals surface area contributed by atoms with E-state index in [1.165, 1.54) is 18.4 Å². The molecule has 1 N–H and O–H groups in total. The minimum absolute atomic E-state index is 0.356. The second-order valence-electron chi connectivity index (χ2n) is 7.55. The third-order valence-corrected chi connectivity index (χ3v) is 4.49. The Labute approximate surface area is 137 Å². The molecule has 0 bridgehead atoms. The lowest BCUT2D eigenvalue weighted by atomic mass is 9.75. The van der Waals surface area contributed by atoms with Crippen molar-refractivity contribution in [2.24, 2.45) is 11.8 Å². The molecule has 22 heavy (non-hydrogen) atoms. The Morgan fingerprint density at radius 1 is 1.23 bits per heavy atom. The number of hydrogen-bond donors (Lipinski definition) is 1. The molecule has 1 saturated carbocycles. The van der Waals surface area contributed by atoms with Crippen LogP contribution in [-0.2, 0) is 4.79 Å². The lowest BCUT2D eigenvalue weighted by molar-refractivity contribution is -0.104. The van der Waals surface area contributed by atoms with Gasteiger partial charge in [0.2, 0.25) is 0 Å². The number of allylic oxidation sites excluding steroid dienone is 4. The van der Waals surface area contributed by atoms with E-state index < -0.39 is 0 Å². The van der Waals surface area contributed by atoms with Crippen molar-refractivity contribution in [1.29, 1.82) is 0 Å². The standard InChI is InChI=1S/C10H20O.C10H16O/c1-8(2)9-4-6-10(3,11)7-5-9;1-9(2)5-4-6-10(3)7-8-11/h8-9,11H,4-7H2,1-3H3;5,7-8H,4,6H2,1-3H3/b;10-7+. The van der Waals surface area contributed by atoms with Gasteiger partial charge in [0.1, 0.15) is 6.29 Å². The second-order valence-corrected chi connectivity index (χ2v) is 7.55. The maximum atomic E-state index is 10.0. The van der Waals surface area contributed by atoms with E-state index in [0.717, 1.165) is 49.4 Å². The van der Waals surface area contributed by atoms with Gasteiger partial charge in [-0.05, 0) is 84.1 Å². The van der Waals surface area contributed by atoms with Crippen LogP contribution in [0.3, 0.4) is 0 Å². The third-order valence-electron chi connectivity index (χ3n) is 4.49. The first-order valence-corrected chi connectivity index (χ1v) is 8.64. The number of aldehydes is 1. The van der Waals surface area contributed by atoms with Crippen molar-refractivity contribution < 1.29 is 9.90 Å². The molecule has 0 aromatic heterocycles. The summed E-state index contributed by atoms with van der Waals surface area (Å²) in [5, 5.41) is 9.67. The fourth-order valence-electron chi connectivity index (χ4n) is 2.72. The SMILES string of the molecule is CC(C)=CCC/C(C)=C/C=O.CC(C)C1CCC(C)(O)CC1. The summed E-state index contributed by atoms with van der Waals surface area (Å²) in [5.74, 6) is 1.65. The largest absolute Gasteiger partial charge is 0.390 e. The highest BCUT2D eigenvalue weighted by Crippen LogP contribution is 2.35. The molecule has 0 radical (unpaired) electrons. The molecule has 0 atom stereocenters. The van der Waals surface area contributed by atoms with Crippen LogP contribution < -0.4 is 0 Å². The van der Waals surface area contributed by atoms with Crippen molar-refractivity contribution in [3.05, 3.63) is 23.3 Å². The minimum atomic E-state index is -0.356. The lowest BCUT2D eigenvalue weighted by Gasteiger charge is -2.34. The molecule has 128 valence electrons. The maximum Gasteiger partial charge on any atom is 0.142 e. The van der Waals surface area contributed by atoms with Gasteiger partial charge in [-0.15, -0.1) is 0 Å². The highest BCUT2D eigenvalue weighted by Gasteiger charge is 2.29. The zero-order chi connectivity index (χ0) is 17.2. The van der Waals surface area contributed by atoms with Crippen molar-refractivity contribution in [3.8, 4) is 0 Å². The van der Waals surface area contributed by atoms with Crippen LogP contribution in [0.4, 0.5) is 0 Å². The quantitative estimate of drug-likeness (QED) is 0.416. The highest BCUT2D eigenvalue weighted by molar-refractivity contribution is 5.65. The zero-order valence-electron chi connectivity index (χ0n) is 15.5. The van der Waals surface area contributed by atoms with Gasteiger partial charge in [-0.3, -0.25) is 4.79 Å². The lowest BCUT2D eigenvalue weighted by Crippen LogP contribution is -2.31. The van der Waals surface area contributed by atoms with E-state index in [2.05, 4.69) is 33.8 Å². The Hall–Kier alpha value is -0.890. The normalized spacial score (nSPS) is 25.3. The van der Waals surface area contributed by atoms with Crippen molar-refractivity contribution in [2.45, 2.75) is 85.7 Å². The van der Waals surface area contributed by atoms with Gasteiger partial charge in [0.15, 0.2) is 0 Å². The number of carbonyl (C=O) groups is 1. The monoisotopic (exact) mass is 308 g/mol. The molecule has 1 aliphatic rings. The molecule has 0 aliphatic heterocycles. The van der Waals surface area contributed by atoms with Crippen molar-refractivity contribution in [2.75, 3.05) is 0 Å². The smallest absolute Gasteiger partial charge is 0.142 e. The van der Waals surface area contributed by atoms with E-state index in [-0.39, 0.29) is 5.60 Å². The summed E-state index contributed by atoms with van der Waals surface area (Å²) in [6.45, 7) is 12.7. The molecule has 2 heteroatoms. The van der Waals surface area contributed by atoms with E-state index in [1.807, 2.05) is 13.8 Å². The van der Waals surface area contributed by atoms with Gasteiger partial charge >= 0.3 is 0 Å². The Balaban J connectivity index is 0.000000401. The number of carbonyl (C=O) groups excluding carboxylic acids is 1. The fraction of sp³-hybridized carbons (Fsp3) is 0.750. The van der Waals surface area contributed by atoms with Gasteiger partial charge in [0.05, 0.1) is 5.60 Å². The molecule has 0 unspecified atom stereocenters. The van der Waals surface area contributed by atoms with Crippen molar-refractivity contribution in [1.82, 2.24) is 0 Å². The van der Waals surface area contributed by atoms with E-state index >= 15 is 0 Å². The first-order chi connectivity index (χ1) is 10.2. The predicted octanol–water partition coefficient (Wildman–Crippen LogP) is 5.46. The summed E-state index contributed by atoms with van der Waals surface area (Å²) in [4.78, 5) is 10.0. The third kappa shape index (κ3) is 10.8. The van der Waals surface area contributed by atoms with Crippen LogP contribution in [0.5, 0.6) is 0 Å². The molecular formula is C20H36O2. The topological polar surface area (TPSA) is 37.3 Å². The maximum absolute atomic E-state index is 10.0. The van der Waals surface area contributed by atoms with Crippen LogP contribution in [0.25, 0.3) is 0 Å². The van der Waals surface area contributed by atoms with E-state index in [9.17, 15) is 9.90 Å². The molecule has 0 amide bonds. The van der Waals surface area contributed by atoms with Crippen molar-refractivity contribution >= 4 is 6.29 Å². The van der Waals surface area contributed by atoms with Gasteiger partial charge in [-0.1, -0.05) is 31.1 Å². The molecule has 2 nitrogen and oxygen atoms in total. The number of rotatable bonds is 5.